The molecule has 1 atom stereocenters. The van der Waals surface area contributed by atoms with Gasteiger partial charge in [0.25, 0.3) is 5.91 Å². The molecule has 0 aliphatic heterocycles. The molecule has 4 nitrogen and oxygen atoms in total. The van der Waals surface area contributed by atoms with E-state index in [-0.39, 0.29) is 6.07 Å². The monoisotopic (exact) mass is 391 g/mol. The third-order valence-corrected chi connectivity index (χ3v) is 4.37. The fraction of sp³-hybridized carbons (Fsp3) is 0.412. The van der Waals surface area contributed by atoms with Gasteiger partial charge in [0, 0.05) is 24.4 Å². The maximum Gasteiger partial charge on any atom is 0.416 e. The molecule has 1 aliphatic carbocycles. The molecule has 0 unspecified atom stereocenters. The summed E-state index contributed by atoms with van der Waals surface area (Å²) >= 11 is 0. The number of alkyl halides is 6. The molecule has 1 heterocycles. The van der Waals surface area contributed by atoms with Crippen molar-refractivity contribution >= 4 is 5.91 Å². The van der Waals surface area contributed by atoms with Gasteiger partial charge in [-0.05, 0) is 37.5 Å². The molecule has 1 aromatic carbocycles. The van der Waals surface area contributed by atoms with E-state index in [4.69, 9.17) is 0 Å². The molecule has 0 spiro atoms. The van der Waals surface area contributed by atoms with Crippen molar-refractivity contribution in [2.75, 3.05) is 0 Å². The third-order valence-electron chi connectivity index (χ3n) is 4.37. The minimum Gasteiger partial charge on any atom is -0.345 e. The molecule has 0 bridgehead atoms. The normalized spacial score (nSPS) is 17.5. The van der Waals surface area contributed by atoms with Crippen molar-refractivity contribution in [3.05, 3.63) is 52.3 Å². The second-order valence-corrected chi connectivity index (χ2v) is 6.42. The fourth-order valence-corrected chi connectivity index (χ4v) is 3.14. The van der Waals surface area contributed by atoms with Crippen molar-refractivity contribution in [2.24, 2.45) is 7.05 Å². The Morgan fingerprint density at radius 1 is 1.11 bits per heavy atom. The molecule has 3 rings (SSSR count). The van der Waals surface area contributed by atoms with Gasteiger partial charge in [-0.2, -0.15) is 31.4 Å². The van der Waals surface area contributed by atoms with Gasteiger partial charge >= 0.3 is 12.4 Å². The number of fused-ring (bicyclic) bond motifs is 1. The Morgan fingerprint density at radius 3 is 2.26 bits per heavy atom. The van der Waals surface area contributed by atoms with E-state index in [9.17, 15) is 31.1 Å². The number of nitrogens with zero attached hydrogens (tertiary/aromatic N) is 2. The minimum absolute atomic E-state index is 0.00336. The van der Waals surface area contributed by atoms with Crippen molar-refractivity contribution in [1.82, 2.24) is 15.1 Å². The van der Waals surface area contributed by atoms with Gasteiger partial charge in [-0.25, -0.2) is 0 Å². The molecule has 27 heavy (non-hydrogen) atoms. The minimum atomic E-state index is -5.00. The molecule has 0 radical (unpaired) electrons. The molecule has 1 aromatic heterocycles. The molecule has 0 saturated carbocycles. The molecule has 2 aromatic rings. The van der Waals surface area contributed by atoms with E-state index in [2.05, 4.69) is 10.4 Å². The number of aromatic nitrogens is 2. The van der Waals surface area contributed by atoms with Crippen LogP contribution in [0.25, 0.3) is 0 Å². The number of rotatable bonds is 2. The average molecular weight is 391 g/mol. The van der Waals surface area contributed by atoms with Crippen molar-refractivity contribution in [3.63, 3.8) is 0 Å². The predicted octanol–water partition coefficient (Wildman–Crippen LogP) is 4.27. The van der Waals surface area contributed by atoms with E-state index in [1.165, 1.54) is 0 Å². The van der Waals surface area contributed by atoms with Gasteiger partial charge in [-0.1, -0.05) is 0 Å². The maximum absolute atomic E-state index is 12.9. The Bertz CT molecular complexity index is 836. The Kier molecular flexibility index (Phi) is 4.69. The van der Waals surface area contributed by atoms with Crippen LogP contribution in [0.5, 0.6) is 0 Å². The van der Waals surface area contributed by atoms with Crippen LogP contribution in [0.2, 0.25) is 0 Å². The maximum atomic E-state index is 12.9. The number of aryl methyl sites for hydroxylation is 2. The first-order chi connectivity index (χ1) is 12.4. The van der Waals surface area contributed by atoms with Crippen LogP contribution in [0, 0.1) is 0 Å². The van der Waals surface area contributed by atoms with Gasteiger partial charge in [-0.3, -0.25) is 9.48 Å². The smallest absolute Gasteiger partial charge is 0.345 e. The highest BCUT2D eigenvalue weighted by Gasteiger charge is 2.37. The Hall–Kier alpha value is -2.52. The summed E-state index contributed by atoms with van der Waals surface area (Å²) < 4.78 is 79.2. The van der Waals surface area contributed by atoms with Crippen LogP contribution in [0.15, 0.2) is 24.4 Å². The number of nitrogens with one attached hydrogen (secondary N) is 1. The molecule has 1 amide bonds. The summed E-state index contributed by atoms with van der Waals surface area (Å²) in [7, 11) is 1.69. The number of carbonyl (C=O) groups is 1. The zero-order chi connectivity index (χ0) is 20.0. The summed E-state index contributed by atoms with van der Waals surface area (Å²) in [6, 6.07) is 0.338. The first kappa shape index (κ1) is 19.2. The predicted molar refractivity (Wildman–Crippen MR) is 82.8 cm³/mol. The molecule has 0 fully saturated rings. The van der Waals surface area contributed by atoms with E-state index in [0.717, 1.165) is 11.3 Å². The summed E-state index contributed by atoms with van der Waals surface area (Å²) in [4.78, 5) is 12.4. The lowest BCUT2D eigenvalue weighted by Gasteiger charge is -2.23. The van der Waals surface area contributed by atoms with Gasteiger partial charge in [0.2, 0.25) is 0 Å². The zero-order valence-electron chi connectivity index (χ0n) is 14.1. The second kappa shape index (κ2) is 6.58. The molecular formula is C17H15F6N3O. The average Bonchev–Trinajstić information content (AvgIpc) is 2.94. The molecule has 1 N–H and O–H groups in total. The highest BCUT2D eigenvalue weighted by molar-refractivity contribution is 5.95. The van der Waals surface area contributed by atoms with Crippen molar-refractivity contribution < 1.29 is 31.1 Å². The van der Waals surface area contributed by atoms with Crippen LogP contribution in [0.3, 0.4) is 0 Å². The molecule has 146 valence electrons. The van der Waals surface area contributed by atoms with Crippen LogP contribution in [0.4, 0.5) is 26.3 Å². The number of halogens is 6. The van der Waals surface area contributed by atoms with Gasteiger partial charge < -0.3 is 5.32 Å². The Labute approximate surface area is 150 Å². The van der Waals surface area contributed by atoms with Crippen molar-refractivity contribution in [1.29, 1.82) is 0 Å². The summed E-state index contributed by atoms with van der Waals surface area (Å²) in [5, 5.41) is 6.78. The number of carbonyl (C=O) groups excluding carboxylic acids is 1. The van der Waals surface area contributed by atoms with Crippen LogP contribution in [-0.2, 0) is 25.8 Å². The van der Waals surface area contributed by atoms with Crippen molar-refractivity contribution in [3.8, 4) is 0 Å². The standard InChI is InChI=1S/C17H15F6N3O/c1-26-8-12-13(3-2-4-14(12)25-26)24-15(27)9-5-10(16(18,19)20)7-11(6-9)17(21,22)23/h5-8,13H,2-4H2,1H3,(H,24,27)/t13-/m1/s1. The first-order valence-corrected chi connectivity index (χ1v) is 8.08. The van der Waals surface area contributed by atoms with Gasteiger partial charge in [-0.15, -0.1) is 0 Å². The SMILES string of the molecule is Cn1cc2c(n1)CCC[C@H]2NC(=O)c1cc(C(F)(F)F)cc(C(F)(F)F)c1. The number of amides is 1. The summed E-state index contributed by atoms with van der Waals surface area (Å²) in [6.45, 7) is 0. The number of hydrogen-bond acceptors (Lipinski definition) is 2. The lowest BCUT2D eigenvalue weighted by Crippen LogP contribution is -2.31. The van der Waals surface area contributed by atoms with Crippen LogP contribution < -0.4 is 5.32 Å². The van der Waals surface area contributed by atoms with Gasteiger partial charge in [0.05, 0.1) is 22.9 Å². The fourth-order valence-electron chi connectivity index (χ4n) is 3.14. The van der Waals surface area contributed by atoms with E-state index in [0.29, 0.717) is 31.4 Å². The highest BCUT2D eigenvalue weighted by atomic mass is 19.4. The molecule has 10 heteroatoms. The lowest BCUT2D eigenvalue weighted by atomic mass is 9.93. The van der Waals surface area contributed by atoms with Crippen molar-refractivity contribution in [2.45, 2.75) is 37.7 Å². The first-order valence-electron chi connectivity index (χ1n) is 8.08. The van der Waals surface area contributed by atoms with Crippen LogP contribution >= 0.6 is 0 Å². The lowest BCUT2D eigenvalue weighted by molar-refractivity contribution is -0.143. The molecule has 0 saturated heterocycles. The quantitative estimate of drug-likeness (QED) is 0.778. The molecule has 1 aliphatic rings. The van der Waals surface area contributed by atoms with E-state index < -0.39 is 41.0 Å². The molecular weight excluding hydrogens is 376 g/mol. The third kappa shape index (κ3) is 4.09. The topological polar surface area (TPSA) is 46.9 Å². The Morgan fingerprint density at radius 2 is 1.70 bits per heavy atom. The Balaban J connectivity index is 1.93. The largest absolute Gasteiger partial charge is 0.416 e. The van der Waals surface area contributed by atoms with E-state index in [1.54, 1.807) is 17.9 Å². The summed E-state index contributed by atoms with van der Waals surface area (Å²) in [5.74, 6) is -0.992. The van der Waals surface area contributed by atoms with E-state index in [1.807, 2.05) is 0 Å². The summed E-state index contributed by atoms with van der Waals surface area (Å²) in [6.07, 6.45) is -6.40. The number of benzene rings is 1. The van der Waals surface area contributed by atoms with Crippen LogP contribution in [0.1, 0.15) is 51.6 Å². The van der Waals surface area contributed by atoms with E-state index >= 15 is 0 Å². The number of hydrogen-bond donors (Lipinski definition) is 1. The zero-order valence-corrected chi connectivity index (χ0v) is 14.1. The highest BCUT2D eigenvalue weighted by Crippen LogP contribution is 2.36. The van der Waals surface area contributed by atoms with Crippen LogP contribution in [-0.4, -0.2) is 15.7 Å². The van der Waals surface area contributed by atoms with Gasteiger partial charge in [0.15, 0.2) is 0 Å². The van der Waals surface area contributed by atoms with Gasteiger partial charge in [0.1, 0.15) is 0 Å². The summed E-state index contributed by atoms with van der Waals surface area (Å²) in [5.41, 5.74) is -2.25. The second-order valence-electron chi connectivity index (χ2n) is 6.42.